The van der Waals surface area contributed by atoms with Crippen LogP contribution in [-0.2, 0) is 4.79 Å². The monoisotopic (exact) mass is 240 g/mol. The number of urea groups is 1. The Morgan fingerprint density at radius 2 is 1.88 bits per heavy atom. The quantitative estimate of drug-likeness (QED) is 0.654. The van der Waals surface area contributed by atoms with Gasteiger partial charge in [-0.3, -0.25) is 0 Å². The van der Waals surface area contributed by atoms with E-state index >= 15 is 0 Å². The van der Waals surface area contributed by atoms with Crippen LogP contribution in [0.2, 0.25) is 0 Å². The van der Waals surface area contributed by atoms with Gasteiger partial charge in [0.15, 0.2) is 0 Å². The van der Waals surface area contributed by atoms with Gasteiger partial charge in [0.05, 0.1) is 0 Å². The van der Waals surface area contributed by atoms with Gasteiger partial charge in [-0.15, -0.1) is 0 Å². The molecule has 0 unspecified atom stereocenters. The second kappa shape index (κ2) is 5.70. The van der Waals surface area contributed by atoms with E-state index in [2.05, 4.69) is 10.6 Å². The van der Waals surface area contributed by atoms with Crippen LogP contribution >= 0.6 is 0 Å². The first-order valence-corrected chi connectivity index (χ1v) is 5.89. The normalized spacial score (nSPS) is 17.3. The maximum atomic E-state index is 11.6. The lowest BCUT2D eigenvalue weighted by molar-refractivity contribution is -0.144. The summed E-state index contributed by atoms with van der Waals surface area (Å²) in [5.41, 5.74) is 0.0498. The third-order valence-corrected chi connectivity index (χ3v) is 2.99. The summed E-state index contributed by atoms with van der Waals surface area (Å²) in [4.78, 5) is 22.8. The molecule has 0 atom stereocenters. The first-order chi connectivity index (χ1) is 7.96. The lowest BCUT2D eigenvalue weighted by atomic mass is 9.98. The summed E-state index contributed by atoms with van der Waals surface area (Å²) in [7, 11) is 0. The number of hydrogen-bond acceptors (Lipinski definition) is 2. The molecule has 1 rings (SSSR count). The summed E-state index contributed by atoms with van der Waals surface area (Å²) in [6.07, 6.45) is 4.60. The lowest BCUT2D eigenvalue weighted by Crippen LogP contribution is -2.55. The van der Waals surface area contributed by atoms with Crippen LogP contribution in [0.5, 0.6) is 0 Å². The minimum absolute atomic E-state index is 0.410. The minimum Gasteiger partial charge on any atom is -0.480 e. The lowest BCUT2D eigenvalue weighted by Gasteiger charge is -2.25. The molecule has 1 fully saturated rings. The Balaban J connectivity index is 2.48. The van der Waals surface area contributed by atoms with Gasteiger partial charge in [0.1, 0.15) is 5.54 Å². The molecule has 0 bridgehead atoms. The maximum absolute atomic E-state index is 11.6. The van der Waals surface area contributed by atoms with E-state index in [4.69, 9.17) is 0 Å². The summed E-state index contributed by atoms with van der Waals surface area (Å²) in [5.74, 6) is -0.938. The van der Waals surface area contributed by atoms with E-state index in [-0.39, 0.29) is 0 Å². The highest BCUT2D eigenvalue weighted by Gasteiger charge is 2.42. The molecule has 2 amide bonds. The predicted molar refractivity (Wildman–Crippen MR) is 64.8 cm³/mol. The van der Waals surface area contributed by atoms with Gasteiger partial charge in [0.2, 0.25) is 0 Å². The van der Waals surface area contributed by atoms with Gasteiger partial charge < -0.3 is 15.7 Å². The largest absolute Gasteiger partial charge is 0.480 e. The zero-order valence-corrected chi connectivity index (χ0v) is 10.4. The molecule has 0 radical (unpaired) electrons. The fourth-order valence-electron chi connectivity index (χ4n) is 1.98. The van der Waals surface area contributed by atoms with Crippen molar-refractivity contribution >= 4 is 12.0 Å². The van der Waals surface area contributed by atoms with Gasteiger partial charge >= 0.3 is 12.0 Å². The van der Waals surface area contributed by atoms with Gasteiger partial charge in [0.25, 0.3) is 0 Å². The Morgan fingerprint density at radius 3 is 2.35 bits per heavy atom. The number of carbonyl (C=O) groups is 2. The van der Waals surface area contributed by atoms with Crippen LogP contribution in [0, 0.1) is 0 Å². The Bertz CT molecular complexity index is 327. The summed E-state index contributed by atoms with van der Waals surface area (Å²) >= 11 is 0. The predicted octanol–water partition coefficient (Wildman–Crippen LogP) is 1.65. The highest BCUT2D eigenvalue weighted by molar-refractivity contribution is 5.86. The van der Waals surface area contributed by atoms with E-state index in [1.807, 2.05) is 19.9 Å². The second-order valence-electron chi connectivity index (χ2n) is 4.71. The molecule has 1 saturated carbocycles. The molecular weight excluding hydrogens is 220 g/mol. The molecule has 0 heterocycles. The molecule has 0 aromatic carbocycles. The Hall–Kier alpha value is -1.52. The van der Waals surface area contributed by atoms with Crippen molar-refractivity contribution in [2.24, 2.45) is 0 Å². The molecule has 0 saturated heterocycles. The smallest absolute Gasteiger partial charge is 0.329 e. The Labute approximate surface area is 101 Å². The molecule has 3 N–H and O–H groups in total. The molecule has 0 aliphatic heterocycles. The molecular formula is C12H20N2O3. The zero-order valence-electron chi connectivity index (χ0n) is 10.4. The number of carbonyl (C=O) groups excluding carboxylic acids is 1. The molecule has 0 aromatic rings. The van der Waals surface area contributed by atoms with Gasteiger partial charge in [-0.1, -0.05) is 24.5 Å². The second-order valence-corrected chi connectivity index (χ2v) is 4.71. The van der Waals surface area contributed by atoms with Gasteiger partial charge in [-0.05, 0) is 26.7 Å². The molecule has 1 aliphatic carbocycles. The van der Waals surface area contributed by atoms with Crippen molar-refractivity contribution in [3.63, 3.8) is 0 Å². The zero-order chi connectivity index (χ0) is 12.9. The summed E-state index contributed by atoms with van der Waals surface area (Å²) in [5, 5.41) is 14.4. The maximum Gasteiger partial charge on any atom is 0.329 e. The van der Waals surface area contributed by atoms with Crippen LogP contribution < -0.4 is 10.6 Å². The number of amides is 2. The highest BCUT2D eigenvalue weighted by Crippen LogP contribution is 2.29. The van der Waals surface area contributed by atoms with Gasteiger partial charge in [0, 0.05) is 6.54 Å². The molecule has 17 heavy (non-hydrogen) atoms. The fourth-order valence-corrected chi connectivity index (χ4v) is 1.98. The first-order valence-electron chi connectivity index (χ1n) is 5.89. The number of hydrogen-bond donors (Lipinski definition) is 3. The van der Waals surface area contributed by atoms with E-state index < -0.39 is 17.5 Å². The molecule has 0 aromatic heterocycles. The third-order valence-electron chi connectivity index (χ3n) is 2.99. The SMILES string of the molecule is CC(C)=CCNC(=O)NC1(C(=O)O)CCCC1. The van der Waals surface area contributed by atoms with Crippen LogP contribution in [0.3, 0.4) is 0 Å². The van der Waals surface area contributed by atoms with E-state index in [0.717, 1.165) is 18.4 Å². The average molecular weight is 240 g/mol. The number of rotatable bonds is 4. The van der Waals surface area contributed by atoms with Crippen LogP contribution in [0.15, 0.2) is 11.6 Å². The van der Waals surface area contributed by atoms with Crippen molar-refractivity contribution in [3.8, 4) is 0 Å². The number of carboxylic acids is 1. The van der Waals surface area contributed by atoms with Crippen molar-refractivity contribution in [1.29, 1.82) is 0 Å². The van der Waals surface area contributed by atoms with Crippen molar-refractivity contribution < 1.29 is 14.7 Å². The van der Waals surface area contributed by atoms with E-state index in [1.165, 1.54) is 0 Å². The third kappa shape index (κ3) is 3.76. The van der Waals surface area contributed by atoms with Crippen LogP contribution in [0.25, 0.3) is 0 Å². The molecule has 0 spiro atoms. The summed E-state index contributed by atoms with van der Waals surface area (Å²) in [6.45, 7) is 4.30. The number of nitrogens with one attached hydrogen (secondary N) is 2. The van der Waals surface area contributed by atoms with Crippen molar-refractivity contribution in [2.45, 2.75) is 45.1 Å². The Morgan fingerprint density at radius 1 is 1.29 bits per heavy atom. The highest BCUT2D eigenvalue weighted by atomic mass is 16.4. The van der Waals surface area contributed by atoms with Crippen molar-refractivity contribution in [1.82, 2.24) is 10.6 Å². The topological polar surface area (TPSA) is 78.4 Å². The number of allylic oxidation sites excluding steroid dienone is 1. The molecule has 5 nitrogen and oxygen atoms in total. The summed E-state index contributed by atoms with van der Waals surface area (Å²) < 4.78 is 0. The standard InChI is InChI=1S/C12H20N2O3/c1-9(2)5-8-13-11(17)14-12(10(15)16)6-3-4-7-12/h5H,3-4,6-8H2,1-2H3,(H,15,16)(H2,13,14,17). The first kappa shape index (κ1) is 13.5. The minimum atomic E-state index is -1.06. The molecule has 1 aliphatic rings. The number of aliphatic carboxylic acids is 1. The van der Waals surface area contributed by atoms with Crippen molar-refractivity contribution in [3.05, 3.63) is 11.6 Å². The van der Waals surface area contributed by atoms with Crippen molar-refractivity contribution in [2.75, 3.05) is 6.54 Å². The van der Waals surface area contributed by atoms with Crippen LogP contribution in [-0.4, -0.2) is 29.2 Å². The van der Waals surface area contributed by atoms with E-state index in [1.54, 1.807) is 0 Å². The van der Waals surface area contributed by atoms with Gasteiger partial charge in [-0.25, -0.2) is 9.59 Å². The summed E-state index contributed by atoms with van der Waals surface area (Å²) in [6, 6.07) is -0.410. The van der Waals surface area contributed by atoms with Crippen LogP contribution in [0.4, 0.5) is 4.79 Å². The average Bonchev–Trinajstić information content (AvgIpc) is 2.66. The van der Waals surface area contributed by atoms with E-state index in [0.29, 0.717) is 19.4 Å². The number of carboxylic acid groups (broad SMARTS) is 1. The molecule has 96 valence electrons. The molecule has 5 heteroatoms. The van der Waals surface area contributed by atoms with Crippen LogP contribution in [0.1, 0.15) is 39.5 Å². The fraction of sp³-hybridized carbons (Fsp3) is 0.667. The van der Waals surface area contributed by atoms with E-state index in [9.17, 15) is 14.7 Å². The Kier molecular flexibility index (Phi) is 4.54. The van der Waals surface area contributed by atoms with Gasteiger partial charge in [-0.2, -0.15) is 0 Å².